The molecule has 0 bridgehead atoms. The number of hydrogen-bond donors (Lipinski definition) is 0. The number of hydrogen-bond acceptors (Lipinski definition) is 6. The number of rotatable bonds is 11. The molecule has 0 atom stereocenters. The summed E-state index contributed by atoms with van der Waals surface area (Å²) in [4.78, 5) is 18.6. The molecule has 1 aromatic heterocycles. The molecule has 0 spiro atoms. The van der Waals surface area contributed by atoms with E-state index in [1.807, 2.05) is 0 Å². The highest BCUT2D eigenvalue weighted by Gasteiger charge is 2.26. The maximum atomic E-state index is 13.6. The summed E-state index contributed by atoms with van der Waals surface area (Å²) in [6, 6.07) is 12.3. The average Bonchev–Trinajstić information content (AvgIpc) is 3.23. The van der Waals surface area contributed by atoms with Crippen LogP contribution >= 0.6 is 0 Å². The number of aromatic nitrogens is 2. The maximum Gasteiger partial charge on any atom is 0.254 e. The topological polar surface area (TPSA) is 90.7 Å². The lowest BCUT2D eigenvalue weighted by molar-refractivity contribution is 0.0747. The van der Waals surface area contributed by atoms with Gasteiger partial charge in [0.05, 0.1) is 37.9 Å². The van der Waals surface area contributed by atoms with Crippen LogP contribution in [-0.2, 0) is 33.4 Å². The van der Waals surface area contributed by atoms with Crippen molar-refractivity contribution in [3.63, 3.8) is 0 Å². The predicted octanol–water partition coefficient (Wildman–Crippen LogP) is 3.31. The summed E-state index contributed by atoms with van der Waals surface area (Å²) >= 11 is 0. The molecule has 10 heteroatoms. The minimum atomic E-state index is -3.81. The van der Waals surface area contributed by atoms with Crippen LogP contribution in [0.25, 0.3) is 0 Å². The van der Waals surface area contributed by atoms with E-state index in [1.165, 1.54) is 43.5 Å². The van der Waals surface area contributed by atoms with Gasteiger partial charge in [0, 0.05) is 25.8 Å². The molecule has 34 heavy (non-hydrogen) atoms. The SMILES string of the molecule is CCN(Cc1cnc(S(=O)(=O)Cc2cccc(OC)c2)n1CCOC)C(=O)c1cccc(F)c1. The van der Waals surface area contributed by atoms with Gasteiger partial charge in [-0.15, -0.1) is 0 Å². The average molecular weight is 490 g/mol. The molecule has 0 N–H and O–H groups in total. The van der Waals surface area contributed by atoms with Crippen molar-refractivity contribution < 1.29 is 27.1 Å². The van der Waals surface area contributed by atoms with Gasteiger partial charge in [0.15, 0.2) is 0 Å². The van der Waals surface area contributed by atoms with Crippen molar-refractivity contribution in [2.75, 3.05) is 27.4 Å². The fourth-order valence-electron chi connectivity index (χ4n) is 3.56. The third-order valence-corrected chi connectivity index (χ3v) is 6.88. The first-order chi connectivity index (χ1) is 16.3. The van der Waals surface area contributed by atoms with Crippen LogP contribution in [0.2, 0.25) is 0 Å². The van der Waals surface area contributed by atoms with E-state index in [-0.39, 0.29) is 42.1 Å². The highest BCUT2D eigenvalue weighted by atomic mass is 32.2. The van der Waals surface area contributed by atoms with Crippen LogP contribution in [0.15, 0.2) is 59.9 Å². The Labute approximate surface area is 198 Å². The number of sulfone groups is 1. The molecule has 0 aliphatic carbocycles. The summed E-state index contributed by atoms with van der Waals surface area (Å²) in [6.45, 7) is 2.75. The number of imidazole rings is 1. The summed E-state index contributed by atoms with van der Waals surface area (Å²) in [7, 11) is -0.775. The van der Waals surface area contributed by atoms with Crippen LogP contribution in [0.3, 0.4) is 0 Å². The minimum Gasteiger partial charge on any atom is -0.497 e. The Morgan fingerprint density at radius 3 is 2.59 bits per heavy atom. The molecule has 0 fully saturated rings. The van der Waals surface area contributed by atoms with E-state index in [9.17, 15) is 17.6 Å². The van der Waals surface area contributed by atoms with Crippen LogP contribution in [0.1, 0.15) is 28.5 Å². The molecule has 8 nitrogen and oxygen atoms in total. The van der Waals surface area contributed by atoms with Crippen LogP contribution < -0.4 is 4.74 Å². The standard InChI is InChI=1S/C24H28FN3O5S/c1-4-27(23(29)19-8-6-9-20(25)14-19)16-21-15-26-24(28(21)11-12-32-2)34(30,31)17-18-7-5-10-22(13-18)33-3/h5-10,13-15H,4,11-12,16-17H2,1-3H3. The lowest BCUT2D eigenvalue weighted by Crippen LogP contribution is -2.31. The van der Waals surface area contributed by atoms with Crippen LogP contribution in [0.4, 0.5) is 4.39 Å². The number of methoxy groups -OCH3 is 2. The molecule has 0 aliphatic heterocycles. The molecule has 0 radical (unpaired) electrons. The zero-order valence-electron chi connectivity index (χ0n) is 19.4. The highest BCUT2D eigenvalue weighted by molar-refractivity contribution is 7.90. The van der Waals surface area contributed by atoms with E-state index in [4.69, 9.17) is 9.47 Å². The molecule has 3 rings (SSSR count). The monoisotopic (exact) mass is 489 g/mol. The third-order valence-electron chi connectivity index (χ3n) is 5.28. The summed E-state index contributed by atoms with van der Waals surface area (Å²) in [6.07, 6.45) is 1.45. The van der Waals surface area contributed by atoms with E-state index >= 15 is 0 Å². The number of amides is 1. The Hall–Kier alpha value is -3.24. The van der Waals surface area contributed by atoms with Gasteiger partial charge < -0.3 is 18.9 Å². The zero-order chi connectivity index (χ0) is 24.7. The molecule has 0 unspecified atom stereocenters. The van der Waals surface area contributed by atoms with Crippen LogP contribution in [0, 0.1) is 5.82 Å². The van der Waals surface area contributed by atoms with Gasteiger partial charge in [-0.3, -0.25) is 4.79 Å². The second kappa shape index (κ2) is 11.3. The molecule has 1 amide bonds. The first-order valence-electron chi connectivity index (χ1n) is 10.7. The van der Waals surface area contributed by atoms with Crippen molar-refractivity contribution in [3.8, 4) is 5.75 Å². The normalized spacial score (nSPS) is 11.4. The van der Waals surface area contributed by atoms with Crippen molar-refractivity contribution in [2.24, 2.45) is 0 Å². The lowest BCUT2D eigenvalue weighted by Gasteiger charge is -2.22. The summed E-state index contributed by atoms with van der Waals surface area (Å²) in [5, 5.41) is -0.100. The van der Waals surface area contributed by atoms with Gasteiger partial charge in [-0.2, -0.15) is 0 Å². The Morgan fingerprint density at radius 2 is 1.91 bits per heavy atom. The number of carbonyl (C=O) groups excluding carboxylic acids is 1. The van der Waals surface area contributed by atoms with Gasteiger partial charge in [0.25, 0.3) is 5.91 Å². The molecular weight excluding hydrogens is 461 g/mol. The fourth-order valence-corrected chi connectivity index (χ4v) is 5.07. The van der Waals surface area contributed by atoms with E-state index < -0.39 is 15.7 Å². The molecule has 3 aromatic rings. The van der Waals surface area contributed by atoms with Gasteiger partial charge in [0.2, 0.25) is 15.0 Å². The summed E-state index contributed by atoms with van der Waals surface area (Å²) in [5.74, 6) is -0.557. The zero-order valence-corrected chi connectivity index (χ0v) is 20.2. The van der Waals surface area contributed by atoms with Crippen LogP contribution in [-0.4, -0.2) is 56.1 Å². The molecule has 0 saturated carbocycles. The van der Waals surface area contributed by atoms with Crippen molar-refractivity contribution in [1.82, 2.24) is 14.5 Å². The number of carbonyl (C=O) groups is 1. The minimum absolute atomic E-state index is 0.100. The fraction of sp³-hybridized carbons (Fsp3) is 0.333. The molecule has 2 aromatic carbocycles. The van der Waals surface area contributed by atoms with Gasteiger partial charge >= 0.3 is 0 Å². The summed E-state index contributed by atoms with van der Waals surface area (Å²) < 4.78 is 52.0. The van der Waals surface area contributed by atoms with Gasteiger partial charge in [0.1, 0.15) is 11.6 Å². The van der Waals surface area contributed by atoms with Gasteiger partial charge in [-0.25, -0.2) is 17.8 Å². The largest absolute Gasteiger partial charge is 0.497 e. The first kappa shape index (κ1) is 25.4. The lowest BCUT2D eigenvalue weighted by atomic mass is 10.2. The number of ether oxygens (including phenoxy) is 2. The molecular formula is C24H28FN3O5S. The number of nitrogens with zero attached hydrogens (tertiary/aromatic N) is 3. The number of halogens is 1. The third kappa shape index (κ3) is 6.00. The van der Waals surface area contributed by atoms with Gasteiger partial charge in [-0.1, -0.05) is 18.2 Å². The van der Waals surface area contributed by atoms with E-state index in [2.05, 4.69) is 4.98 Å². The maximum absolute atomic E-state index is 13.6. The Bertz CT molecular complexity index is 1240. The smallest absolute Gasteiger partial charge is 0.254 e. The Kier molecular flexibility index (Phi) is 8.41. The van der Waals surface area contributed by atoms with Crippen molar-refractivity contribution in [1.29, 1.82) is 0 Å². The first-order valence-corrected chi connectivity index (χ1v) is 12.4. The predicted molar refractivity (Wildman–Crippen MR) is 125 cm³/mol. The summed E-state index contributed by atoms with van der Waals surface area (Å²) in [5.41, 5.74) is 1.32. The highest BCUT2D eigenvalue weighted by Crippen LogP contribution is 2.21. The molecule has 182 valence electrons. The molecule has 1 heterocycles. The second-order valence-corrected chi connectivity index (χ2v) is 9.50. The Morgan fingerprint density at radius 1 is 1.15 bits per heavy atom. The van der Waals surface area contributed by atoms with Crippen molar-refractivity contribution in [3.05, 3.63) is 77.4 Å². The van der Waals surface area contributed by atoms with E-state index in [0.717, 1.165) is 0 Å². The van der Waals surface area contributed by atoms with Crippen LogP contribution in [0.5, 0.6) is 5.75 Å². The van der Waals surface area contributed by atoms with Crippen molar-refractivity contribution >= 4 is 15.7 Å². The second-order valence-electron chi connectivity index (χ2n) is 7.62. The van der Waals surface area contributed by atoms with E-state index in [1.54, 1.807) is 41.8 Å². The molecule has 0 saturated heterocycles. The van der Waals surface area contributed by atoms with Gasteiger partial charge in [-0.05, 0) is 42.8 Å². The van der Waals surface area contributed by atoms with Crippen molar-refractivity contribution in [2.45, 2.75) is 30.9 Å². The Balaban J connectivity index is 1.91. The molecule has 0 aliphatic rings. The number of benzene rings is 2. The van der Waals surface area contributed by atoms with E-state index in [0.29, 0.717) is 23.6 Å². The quantitative estimate of drug-likeness (QED) is 0.411.